The van der Waals surface area contributed by atoms with Crippen molar-refractivity contribution in [2.45, 2.75) is 77.0 Å². The first-order valence-corrected chi connectivity index (χ1v) is 13.7. The van der Waals surface area contributed by atoms with E-state index in [9.17, 15) is 14.4 Å². The number of aliphatic imine (C=N–C) groups is 1. The number of carbonyl (C=O) groups is 3. The highest BCUT2D eigenvalue weighted by Gasteiger charge is 2.26. The summed E-state index contributed by atoms with van der Waals surface area (Å²) in [4.78, 5) is 45.7. The van der Waals surface area contributed by atoms with Crippen LogP contribution < -0.4 is 5.32 Å². The largest absolute Gasteiger partial charge is 0.480 e. The molecule has 4 aliphatic carbocycles. The third-order valence-corrected chi connectivity index (χ3v) is 7.76. The number of carbonyl (C=O) groups excluding carboxylic acids is 2. The molecular formula is C30H34N2O8. The Bertz CT molecular complexity index is 1300. The number of nitrogens with zero attached hydrogens (tertiary/aromatic N) is 1. The van der Waals surface area contributed by atoms with Crippen LogP contribution in [0.25, 0.3) is 0 Å². The van der Waals surface area contributed by atoms with E-state index in [2.05, 4.69) is 27.2 Å². The number of amides is 1. The first kappa shape index (κ1) is 29.0. The highest BCUT2D eigenvalue weighted by Crippen LogP contribution is 2.40. The summed E-state index contributed by atoms with van der Waals surface area (Å²) in [5, 5.41) is 26.3. The molecule has 0 fully saturated rings. The van der Waals surface area contributed by atoms with Gasteiger partial charge in [-0.15, -0.1) is 0 Å². The summed E-state index contributed by atoms with van der Waals surface area (Å²) in [5.74, 6) is -2.34. The number of hydrogen-bond acceptors (Lipinski definition) is 7. The third-order valence-electron chi connectivity index (χ3n) is 7.76. The Morgan fingerprint density at radius 1 is 0.750 bits per heavy atom. The van der Waals surface area contributed by atoms with Crippen molar-refractivity contribution in [1.82, 2.24) is 0 Å². The Morgan fingerprint density at radius 3 is 1.57 bits per heavy atom. The zero-order valence-corrected chi connectivity index (χ0v) is 22.4. The van der Waals surface area contributed by atoms with Gasteiger partial charge in [0.05, 0.1) is 11.4 Å². The van der Waals surface area contributed by atoms with E-state index in [1.807, 2.05) is 0 Å². The van der Waals surface area contributed by atoms with Gasteiger partial charge in [0.15, 0.2) is 6.61 Å². The number of ether oxygens (including phenoxy) is 1. The summed E-state index contributed by atoms with van der Waals surface area (Å²) in [6.45, 7) is -1.39. The molecule has 0 unspecified atom stereocenters. The molecule has 0 saturated heterocycles. The monoisotopic (exact) mass is 550 g/mol. The molecule has 2 aromatic rings. The van der Waals surface area contributed by atoms with E-state index < -0.39 is 31.2 Å². The first-order chi connectivity index (χ1) is 19.3. The minimum atomic E-state index is -1.19. The normalized spacial score (nSPS) is 15.1. The van der Waals surface area contributed by atoms with Gasteiger partial charge in [-0.2, -0.15) is 4.99 Å². The summed E-state index contributed by atoms with van der Waals surface area (Å²) in [7, 11) is 0. The number of aryl methyl sites for hydroxylation is 4. The van der Waals surface area contributed by atoms with Crippen LogP contribution in [-0.2, 0) is 70.5 Å². The maximum Gasteiger partial charge on any atom is 0.412 e. The second kappa shape index (κ2) is 13.4. The Labute approximate surface area is 232 Å². The highest BCUT2D eigenvalue weighted by atomic mass is 16.6. The standard InChI is InChI=1S/C15H17NO4.C13H13NO.C2H4O3/c17-13(18)8-20-15(19)16-14-11-5-1-3-9(11)7-10-4-2-6-12(10)14;15-8-14-13-11-5-1-3-9(11)7-10-4-2-6-12(10)13;3-1-2(4)5/h7H,1-6,8H2,(H,16,19)(H,17,18);7H,1-6H2;3H,1H2,(H,4,5). The molecule has 0 spiro atoms. The smallest absolute Gasteiger partial charge is 0.412 e. The molecule has 0 heterocycles. The second-order valence-corrected chi connectivity index (χ2v) is 10.3. The zero-order chi connectivity index (χ0) is 28.6. The fraction of sp³-hybridized carbons (Fsp3) is 0.467. The number of aliphatic carboxylic acids is 2. The minimum Gasteiger partial charge on any atom is -0.480 e. The summed E-state index contributed by atoms with van der Waals surface area (Å²) in [5.41, 5.74) is 12.4. The predicted molar refractivity (Wildman–Crippen MR) is 146 cm³/mol. The summed E-state index contributed by atoms with van der Waals surface area (Å²) >= 11 is 0. The summed E-state index contributed by atoms with van der Waals surface area (Å²) < 4.78 is 4.68. The van der Waals surface area contributed by atoms with Crippen LogP contribution in [0.4, 0.5) is 16.2 Å². The number of isocyanates is 1. The fourth-order valence-corrected chi connectivity index (χ4v) is 6.20. The van der Waals surface area contributed by atoms with Gasteiger partial charge in [0.2, 0.25) is 6.08 Å². The van der Waals surface area contributed by atoms with Gasteiger partial charge in [0.1, 0.15) is 6.61 Å². The number of aliphatic hydroxyl groups is 1. The third kappa shape index (κ3) is 6.76. The van der Waals surface area contributed by atoms with Crippen molar-refractivity contribution in [2.24, 2.45) is 4.99 Å². The Hall–Kier alpha value is -4.01. The Morgan fingerprint density at radius 2 is 1.18 bits per heavy atom. The summed E-state index contributed by atoms with van der Waals surface area (Å²) in [6, 6.07) is 4.62. The molecule has 1 amide bonds. The molecule has 212 valence electrons. The summed E-state index contributed by atoms with van der Waals surface area (Å²) in [6.07, 6.45) is 14.2. The van der Waals surface area contributed by atoms with Gasteiger partial charge in [-0.25, -0.2) is 19.2 Å². The van der Waals surface area contributed by atoms with Crippen LogP contribution in [0.2, 0.25) is 0 Å². The van der Waals surface area contributed by atoms with Gasteiger partial charge in [0, 0.05) is 0 Å². The number of hydrogen-bond donors (Lipinski definition) is 4. The molecule has 0 aromatic heterocycles. The van der Waals surface area contributed by atoms with E-state index in [-0.39, 0.29) is 0 Å². The Balaban J connectivity index is 0.000000163. The average molecular weight is 551 g/mol. The lowest BCUT2D eigenvalue weighted by molar-refractivity contribution is -0.141. The van der Waals surface area contributed by atoms with Crippen molar-refractivity contribution in [2.75, 3.05) is 18.5 Å². The van der Waals surface area contributed by atoms with Crippen molar-refractivity contribution in [3.8, 4) is 0 Å². The Kier molecular flexibility index (Phi) is 9.69. The van der Waals surface area contributed by atoms with Crippen molar-refractivity contribution in [3.63, 3.8) is 0 Å². The van der Waals surface area contributed by atoms with E-state index in [1.54, 1.807) is 6.08 Å². The second-order valence-electron chi connectivity index (χ2n) is 10.3. The van der Waals surface area contributed by atoms with Crippen LogP contribution in [0.3, 0.4) is 0 Å². The molecule has 0 saturated carbocycles. The van der Waals surface area contributed by atoms with Crippen LogP contribution in [0.5, 0.6) is 0 Å². The highest BCUT2D eigenvalue weighted by molar-refractivity contribution is 5.89. The van der Waals surface area contributed by atoms with Crippen LogP contribution in [0, 0.1) is 0 Å². The van der Waals surface area contributed by atoms with Gasteiger partial charge in [-0.3, -0.25) is 5.32 Å². The topological polar surface area (TPSA) is 163 Å². The molecule has 4 N–H and O–H groups in total. The maximum atomic E-state index is 11.7. The van der Waals surface area contributed by atoms with Crippen molar-refractivity contribution >= 4 is 35.5 Å². The van der Waals surface area contributed by atoms with Gasteiger partial charge in [-0.05, 0) is 122 Å². The number of aliphatic hydroxyl groups excluding tert-OH is 1. The van der Waals surface area contributed by atoms with Crippen LogP contribution >= 0.6 is 0 Å². The van der Waals surface area contributed by atoms with Gasteiger partial charge < -0.3 is 20.1 Å². The number of benzene rings is 2. The number of rotatable bonds is 5. The average Bonchev–Trinajstić information content (AvgIpc) is 3.74. The number of fused-ring (bicyclic) bond motifs is 4. The van der Waals surface area contributed by atoms with E-state index in [1.165, 1.54) is 57.3 Å². The molecule has 0 aliphatic heterocycles. The lowest BCUT2D eigenvalue weighted by atomic mass is 9.99. The van der Waals surface area contributed by atoms with Crippen LogP contribution in [0.1, 0.15) is 70.2 Å². The molecule has 10 heteroatoms. The number of carboxylic acids is 2. The molecule has 10 nitrogen and oxygen atoms in total. The maximum absolute atomic E-state index is 11.7. The van der Waals surface area contributed by atoms with Gasteiger partial charge in [-0.1, -0.05) is 12.1 Å². The van der Waals surface area contributed by atoms with Crippen molar-refractivity contribution in [3.05, 3.63) is 56.6 Å². The lowest BCUT2D eigenvalue weighted by Crippen LogP contribution is -2.20. The molecular weight excluding hydrogens is 516 g/mol. The van der Waals surface area contributed by atoms with Gasteiger partial charge >= 0.3 is 18.0 Å². The molecule has 0 atom stereocenters. The number of anilines is 1. The van der Waals surface area contributed by atoms with Crippen molar-refractivity contribution in [1.29, 1.82) is 0 Å². The predicted octanol–water partition coefficient (Wildman–Crippen LogP) is 3.99. The SMILES string of the molecule is O=C(O)CO.O=C(O)COC(=O)Nc1c2c(cc3c1CCC3)CCC2.O=C=Nc1c2c(cc3c1CCC3)CCC2. The van der Waals surface area contributed by atoms with Crippen LogP contribution in [0.15, 0.2) is 17.1 Å². The molecule has 40 heavy (non-hydrogen) atoms. The lowest BCUT2D eigenvalue weighted by Gasteiger charge is -2.15. The molecule has 2 aromatic carbocycles. The molecule has 0 radical (unpaired) electrons. The minimum absolute atomic E-state index is 0.608. The quantitative estimate of drug-likeness (QED) is 0.321. The zero-order valence-electron chi connectivity index (χ0n) is 22.4. The van der Waals surface area contributed by atoms with Crippen molar-refractivity contribution < 1.29 is 39.2 Å². The first-order valence-electron chi connectivity index (χ1n) is 13.7. The number of carboxylic acid groups (broad SMARTS) is 2. The molecule has 4 aliphatic rings. The molecule has 6 rings (SSSR count). The number of nitrogens with one attached hydrogen (secondary N) is 1. The van der Waals surface area contributed by atoms with E-state index in [0.29, 0.717) is 0 Å². The van der Waals surface area contributed by atoms with Gasteiger partial charge in [0.25, 0.3) is 0 Å². The van der Waals surface area contributed by atoms with E-state index in [0.717, 1.165) is 75.6 Å². The van der Waals surface area contributed by atoms with E-state index >= 15 is 0 Å². The van der Waals surface area contributed by atoms with Crippen LogP contribution in [-0.4, -0.2) is 52.6 Å². The molecule has 0 bridgehead atoms. The fourth-order valence-electron chi connectivity index (χ4n) is 6.20. The van der Waals surface area contributed by atoms with E-state index in [4.69, 9.17) is 20.1 Å².